The maximum Gasteiger partial charge on any atom is 0.136 e. The quantitative estimate of drug-likeness (QED) is 0.393. The Kier molecular flexibility index (Phi) is 6.53. The van der Waals surface area contributed by atoms with Gasteiger partial charge in [-0.05, 0) is 129 Å². The largest absolute Gasteiger partial charge is 0.393 e. The Morgan fingerprint density at radius 2 is 1.47 bits per heavy atom. The summed E-state index contributed by atoms with van der Waals surface area (Å²) in [5, 5.41) is 10.9. The van der Waals surface area contributed by atoms with E-state index in [9.17, 15) is 9.90 Å². The molecule has 5 fully saturated rings. The fourth-order valence-corrected chi connectivity index (χ4v) is 11.7. The second-order valence-electron chi connectivity index (χ2n) is 14.8. The average molecular weight is 506 g/mol. The summed E-state index contributed by atoms with van der Waals surface area (Å²) in [6, 6.07) is 0. The molecular formula is C31H50O2V. The van der Waals surface area contributed by atoms with Crippen molar-refractivity contribution >= 4 is 5.78 Å². The van der Waals surface area contributed by atoms with Crippen LogP contribution in [0.1, 0.15) is 113 Å². The van der Waals surface area contributed by atoms with E-state index in [1.165, 1.54) is 44.1 Å². The predicted octanol–water partition coefficient (Wildman–Crippen LogP) is 7.59. The van der Waals surface area contributed by atoms with E-state index in [-0.39, 0.29) is 35.5 Å². The number of carbonyl (C=O) groups excluding carboxylic acids is 1. The van der Waals surface area contributed by atoms with Gasteiger partial charge in [0.2, 0.25) is 0 Å². The zero-order valence-corrected chi connectivity index (χ0v) is 24.4. The molecule has 191 valence electrons. The maximum absolute atomic E-state index is 13.2. The van der Waals surface area contributed by atoms with Crippen LogP contribution in [-0.2, 0) is 23.4 Å². The van der Waals surface area contributed by atoms with Crippen molar-refractivity contribution in [1.29, 1.82) is 0 Å². The summed E-state index contributed by atoms with van der Waals surface area (Å²) in [5.41, 5.74) is 2.19. The Hall–Kier alpha value is -0.0456. The monoisotopic (exact) mass is 505 g/mol. The summed E-state index contributed by atoms with van der Waals surface area (Å²) < 4.78 is 0. The van der Waals surface area contributed by atoms with E-state index < -0.39 is 0 Å². The summed E-state index contributed by atoms with van der Waals surface area (Å²) in [6.07, 6.45) is 11.7. The van der Waals surface area contributed by atoms with Crippen LogP contribution in [0.25, 0.3) is 0 Å². The smallest absolute Gasteiger partial charge is 0.136 e. The molecule has 6 unspecified atom stereocenters. The molecule has 5 rings (SSSR count). The van der Waals surface area contributed by atoms with Gasteiger partial charge in [0.1, 0.15) is 5.78 Å². The van der Waals surface area contributed by atoms with Gasteiger partial charge in [0.15, 0.2) is 0 Å². The first-order chi connectivity index (χ1) is 15.3. The third kappa shape index (κ3) is 3.13. The third-order valence-corrected chi connectivity index (χ3v) is 13.7. The third-order valence-electron chi connectivity index (χ3n) is 13.7. The van der Waals surface area contributed by atoms with Crippen LogP contribution in [0.2, 0.25) is 0 Å². The van der Waals surface area contributed by atoms with Crippen molar-refractivity contribution in [2.75, 3.05) is 0 Å². The second-order valence-corrected chi connectivity index (χ2v) is 14.8. The van der Waals surface area contributed by atoms with Gasteiger partial charge in [-0.25, -0.2) is 0 Å². The van der Waals surface area contributed by atoms with Gasteiger partial charge in [0.05, 0.1) is 6.10 Å². The fraction of sp³-hybridized carbons (Fsp3) is 0.903. The van der Waals surface area contributed by atoms with Crippen LogP contribution in [0.5, 0.6) is 0 Å². The molecule has 0 aromatic rings. The molecule has 0 heterocycles. The number of carbonyl (C=O) groups is 1. The number of fused-ring (bicyclic) bond motifs is 7. The Balaban J connectivity index is 0.00000274. The zero-order valence-electron chi connectivity index (χ0n) is 23.0. The van der Waals surface area contributed by atoms with Crippen LogP contribution < -0.4 is 0 Å². The van der Waals surface area contributed by atoms with Gasteiger partial charge in [-0.3, -0.25) is 4.79 Å². The number of hydrogen-bond acceptors (Lipinski definition) is 2. The van der Waals surface area contributed by atoms with E-state index in [1.54, 1.807) is 0 Å². The second kappa shape index (κ2) is 8.23. The first kappa shape index (κ1) is 27.0. The summed E-state index contributed by atoms with van der Waals surface area (Å²) in [7, 11) is 0. The average Bonchev–Trinajstić information content (AvgIpc) is 3.13. The first-order valence-corrected chi connectivity index (χ1v) is 14.1. The maximum atomic E-state index is 13.2. The van der Waals surface area contributed by atoms with Gasteiger partial charge in [-0.2, -0.15) is 0 Å². The standard InChI is InChI=1S/C31H50O2.V/c1-19(2)21-11-16-31(20(3)32)18-17-29(7)22(26(21)31)9-10-24-28(6)14-13-25(33)27(4,5)23(28)12-15-30(24,29)8;/h21-26,33H,1,9-18H2,2-8H3;/t21?,22?,23?,24?,25-,26?,28-,29+,30+,31?;/m0./s1. The van der Waals surface area contributed by atoms with Crippen molar-refractivity contribution in [3.05, 3.63) is 12.2 Å². The minimum absolute atomic E-state index is 0. The van der Waals surface area contributed by atoms with Crippen LogP contribution in [0, 0.1) is 56.7 Å². The van der Waals surface area contributed by atoms with Crippen molar-refractivity contribution in [2.24, 2.45) is 56.7 Å². The van der Waals surface area contributed by atoms with Crippen LogP contribution in [0.15, 0.2) is 12.2 Å². The fourth-order valence-electron chi connectivity index (χ4n) is 11.7. The van der Waals surface area contributed by atoms with E-state index in [2.05, 4.69) is 48.1 Å². The van der Waals surface area contributed by atoms with Gasteiger partial charge in [0, 0.05) is 24.0 Å². The van der Waals surface area contributed by atoms with Crippen molar-refractivity contribution < 1.29 is 28.5 Å². The molecular weight excluding hydrogens is 455 g/mol. The number of Topliss-reactive ketones (excluding diaryl/α,β-unsaturated/α-hetero) is 1. The summed E-state index contributed by atoms with van der Waals surface area (Å²) >= 11 is 0. The molecule has 5 aliphatic rings. The van der Waals surface area contributed by atoms with Crippen molar-refractivity contribution in [3.8, 4) is 0 Å². The first-order valence-electron chi connectivity index (χ1n) is 14.1. The van der Waals surface area contributed by atoms with Crippen LogP contribution >= 0.6 is 0 Å². The summed E-state index contributed by atoms with van der Waals surface area (Å²) in [4.78, 5) is 13.2. The number of rotatable bonds is 2. The minimum atomic E-state index is -0.160. The SMILES string of the molecule is C=C(C)C1CCC2(C(C)=O)CC[C@]3(C)C(CCC4[C@@]5(C)CC[C@H](O)C(C)(C)C5CC[C@]43C)C12.[V]. The normalized spacial score (nSPS) is 53.4. The molecule has 34 heavy (non-hydrogen) atoms. The van der Waals surface area contributed by atoms with E-state index in [0.29, 0.717) is 45.7 Å². The zero-order chi connectivity index (χ0) is 24.2. The summed E-state index contributed by atoms with van der Waals surface area (Å²) in [5.74, 6) is 3.47. The van der Waals surface area contributed by atoms with Gasteiger partial charge in [-0.1, -0.05) is 46.8 Å². The van der Waals surface area contributed by atoms with Gasteiger partial charge in [0.25, 0.3) is 0 Å². The van der Waals surface area contributed by atoms with E-state index >= 15 is 0 Å². The number of aliphatic hydroxyl groups is 1. The molecule has 0 bridgehead atoms. The van der Waals surface area contributed by atoms with Crippen LogP contribution in [0.4, 0.5) is 0 Å². The van der Waals surface area contributed by atoms with Crippen LogP contribution in [0.3, 0.4) is 0 Å². The molecule has 5 aliphatic carbocycles. The molecule has 0 aromatic carbocycles. The van der Waals surface area contributed by atoms with Gasteiger partial charge in [-0.15, -0.1) is 0 Å². The van der Waals surface area contributed by atoms with Crippen molar-refractivity contribution in [2.45, 2.75) is 119 Å². The summed E-state index contributed by atoms with van der Waals surface area (Å²) in [6.45, 7) is 21.1. The van der Waals surface area contributed by atoms with E-state index in [4.69, 9.17) is 0 Å². The predicted molar refractivity (Wildman–Crippen MR) is 136 cm³/mol. The van der Waals surface area contributed by atoms with Crippen molar-refractivity contribution in [3.63, 3.8) is 0 Å². The molecule has 2 nitrogen and oxygen atoms in total. The van der Waals surface area contributed by atoms with Gasteiger partial charge >= 0.3 is 0 Å². The number of hydrogen-bond donors (Lipinski definition) is 1. The Morgan fingerprint density at radius 1 is 0.794 bits per heavy atom. The number of ketones is 1. The molecule has 3 heteroatoms. The topological polar surface area (TPSA) is 37.3 Å². The van der Waals surface area contributed by atoms with Gasteiger partial charge < -0.3 is 5.11 Å². The molecule has 0 amide bonds. The number of aliphatic hydroxyl groups excluding tert-OH is 1. The number of allylic oxidation sites excluding steroid dienone is 1. The molecule has 0 spiro atoms. The molecule has 0 aliphatic heterocycles. The molecule has 0 aromatic heterocycles. The van der Waals surface area contributed by atoms with Crippen LogP contribution in [-0.4, -0.2) is 17.0 Å². The minimum Gasteiger partial charge on any atom is -0.393 e. The Bertz CT molecular complexity index is 863. The molecule has 1 N–H and O–H groups in total. The molecule has 1 radical (unpaired) electrons. The Morgan fingerprint density at radius 3 is 2.09 bits per heavy atom. The Labute approximate surface area is 221 Å². The van der Waals surface area contributed by atoms with E-state index in [1.807, 2.05) is 6.92 Å². The molecule has 5 saturated carbocycles. The van der Waals surface area contributed by atoms with E-state index in [0.717, 1.165) is 31.6 Å². The molecule has 10 atom stereocenters. The molecule has 0 saturated heterocycles. The van der Waals surface area contributed by atoms with Crippen molar-refractivity contribution in [1.82, 2.24) is 0 Å².